The summed E-state index contributed by atoms with van der Waals surface area (Å²) in [6, 6.07) is 0. The number of aliphatic hydroxyl groups excluding tert-OH is 1. The Morgan fingerprint density at radius 2 is 2.06 bits per heavy atom. The van der Waals surface area contributed by atoms with E-state index in [0.717, 1.165) is 0 Å². The van der Waals surface area contributed by atoms with Crippen molar-refractivity contribution in [2.24, 2.45) is 5.92 Å². The Hall–Kier alpha value is -0.650. The molecule has 1 saturated heterocycles. The fourth-order valence-electron chi connectivity index (χ4n) is 2.69. The van der Waals surface area contributed by atoms with Crippen LogP contribution in [-0.2, 0) is 19.0 Å². The summed E-state index contributed by atoms with van der Waals surface area (Å²) < 4.78 is 16.3. The van der Waals surface area contributed by atoms with Gasteiger partial charge in [-0.25, -0.2) is 0 Å². The Labute approximate surface area is 101 Å². The second-order valence-electron chi connectivity index (χ2n) is 5.14. The van der Waals surface area contributed by atoms with Crippen LogP contribution < -0.4 is 0 Å². The molecule has 2 fully saturated rings. The SMILES string of the molecule is CCOC(=O)C[C@@H]1C[C@@H](O)[C@H]2OC(C)(C)O[C@@H]12. The van der Waals surface area contributed by atoms with Crippen LogP contribution in [0.4, 0.5) is 0 Å². The summed E-state index contributed by atoms with van der Waals surface area (Å²) in [7, 11) is 0. The summed E-state index contributed by atoms with van der Waals surface area (Å²) in [5, 5.41) is 9.89. The van der Waals surface area contributed by atoms with Crippen LogP contribution in [0.1, 0.15) is 33.6 Å². The minimum atomic E-state index is -0.677. The molecule has 2 rings (SSSR count). The molecule has 98 valence electrons. The zero-order valence-corrected chi connectivity index (χ0v) is 10.5. The average Bonchev–Trinajstić information content (AvgIpc) is 2.65. The molecule has 1 aliphatic heterocycles. The molecule has 1 aliphatic carbocycles. The first kappa shape index (κ1) is 12.8. The molecule has 0 aromatic heterocycles. The highest BCUT2D eigenvalue weighted by molar-refractivity contribution is 5.69. The molecule has 1 heterocycles. The van der Waals surface area contributed by atoms with Crippen LogP contribution in [0.3, 0.4) is 0 Å². The fraction of sp³-hybridized carbons (Fsp3) is 0.917. The van der Waals surface area contributed by atoms with Crippen LogP contribution in [0.2, 0.25) is 0 Å². The molecule has 4 atom stereocenters. The van der Waals surface area contributed by atoms with E-state index >= 15 is 0 Å². The summed E-state index contributed by atoms with van der Waals surface area (Å²) in [6.07, 6.45) is -0.259. The zero-order valence-electron chi connectivity index (χ0n) is 10.5. The van der Waals surface area contributed by atoms with Gasteiger partial charge in [0.15, 0.2) is 5.79 Å². The molecule has 17 heavy (non-hydrogen) atoms. The van der Waals surface area contributed by atoms with Gasteiger partial charge in [-0.05, 0) is 27.2 Å². The van der Waals surface area contributed by atoms with Gasteiger partial charge >= 0.3 is 5.97 Å². The maximum atomic E-state index is 11.5. The van der Waals surface area contributed by atoms with Gasteiger partial charge in [0.05, 0.1) is 25.2 Å². The Kier molecular flexibility index (Phi) is 3.43. The van der Waals surface area contributed by atoms with E-state index in [0.29, 0.717) is 13.0 Å². The third-order valence-corrected chi connectivity index (χ3v) is 3.29. The number of ether oxygens (including phenoxy) is 3. The topological polar surface area (TPSA) is 65.0 Å². The molecule has 1 N–H and O–H groups in total. The molecule has 0 bridgehead atoms. The van der Waals surface area contributed by atoms with Crippen molar-refractivity contribution in [2.75, 3.05) is 6.61 Å². The summed E-state index contributed by atoms with van der Waals surface area (Å²) >= 11 is 0. The first-order chi connectivity index (χ1) is 7.93. The standard InChI is InChI=1S/C12H20O5/c1-4-15-9(14)6-7-5-8(13)11-10(7)16-12(2,3)17-11/h7-8,10-11,13H,4-6H2,1-3H3/t7-,8+,10-,11+/m0/s1. The van der Waals surface area contributed by atoms with Crippen molar-refractivity contribution in [2.45, 2.75) is 57.7 Å². The smallest absolute Gasteiger partial charge is 0.306 e. The normalized spacial score (nSPS) is 39.1. The van der Waals surface area contributed by atoms with Crippen LogP contribution in [-0.4, -0.2) is 41.8 Å². The van der Waals surface area contributed by atoms with Gasteiger partial charge in [0, 0.05) is 5.92 Å². The van der Waals surface area contributed by atoms with Gasteiger partial charge in [0.1, 0.15) is 6.10 Å². The van der Waals surface area contributed by atoms with Crippen molar-refractivity contribution >= 4 is 5.97 Å². The zero-order chi connectivity index (χ0) is 12.6. The molecule has 0 radical (unpaired) electrons. The minimum Gasteiger partial charge on any atom is -0.466 e. The molecule has 0 aromatic carbocycles. The first-order valence-corrected chi connectivity index (χ1v) is 6.12. The van der Waals surface area contributed by atoms with Crippen molar-refractivity contribution in [1.29, 1.82) is 0 Å². The summed E-state index contributed by atoms with van der Waals surface area (Å²) in [4.78, 5) is 11.5. The van der Waals surface area contributed by atoms with Gasteiger partial charge < -0.3 is 19.3 Å². The van der Waals surface area contributed by atoms with E-state index < -0.39 is 11.9 Å². The largest absolute Gasteiger partial charge is 0.466 e. The van der Waals surface area contributed by atoms with Crippen molar-refractivity contribution in [3.8, 4) is 0 Å². The number of hydrogen-bond donors (Lipinski definition) is 1. The first-order valence-electron chi connectivity index (χ1n) is 6.12. The van der Waals surface area contributed by atoms with Gasteiger partial charge in [-0.1, -0.05) is 0 Å². The Morgan fingerprint density at radius 3 is 2.71 bits per heavy atom. The molecular weight excluding hydrogens is 224 g/mol. The number of aliphatic hydroxyl groups is 1. The second kappa shape index (κ2) is 4.55. The predicted molar refractivity (Wildman–Crippen MR) is 59.2 cm³/mol. The lowest BCUT2D eigenvalue weighted by Crippen LogP contribution is -2.28. The van der Waals surface area contributed by atoms with E-state index in [4.69, 9.17) is 14.2 Å². The lowest BCUT2D eigenvalue weighted by molar-refractivity contribution is -0.169. The molecule has 0 spiro atoms. The third-order valence-electron chi connectivity index (χ3n) is 3.29. The van der Waals surface area contributed by atoms with E-state index in [9.17, 15) is 9.90 Å². The number of rotatable bonds is 3. The minimum absolute atomic E-state index is 0.0178. The van der Waals surface area contributed by atoms with Crippen molar-refractivity contribution < 1.29 is 24.1 Å². The third kappa shape index (κ3) is 2.61. The predicted octanol–water partition coefficient (Wildman–Crippen LogP) is 0.840. The Morgan fingerprint density at radius 1 is 1.41 bits per heavy atom. The quantitative estimate of drug-likeness (QED) is 0.745. The summed E-state index contributed by atoms with van der Waals surface area (Å²) in [5.41, 5.74) is 0. The molecule has 5 nitrogen and oxygen atoms in total. The highest BCUT2D eigenvalue weighted by atomic mass is 16.8. The van der Waals surface area contributed by atoms with Crippen molar-refractivity contribution in [3.05, 3.63) is 0 Å². The second-order valence-corrected chi connectivity index (χ2v) is 5.14. The Bertz CT molecular complexity index is 301. The van der Waals surface area contributed by atoms with Crippen LogP contribution in [0.5, 0.6) is 0 Å². The lowest BCUT2D eigenvalue weighted by atomic mass is 10.0. The summed E-state index contributed by atoms with van der Waals surface area (Å²) in [5.74, 6) is -0.932. The van der Waals surface area contributed by atoms with Gasteiger partial charge in [-0.3, -0.25) is 4.79 Å². The van der Waals surface area contributed by atoms with Crippen LogP contribution in [0, 0.1) is 5.92 Å². The van der Waals surface area contributed by atoms with Crippen LogP contribution in [0.25, 0.3) is 0 Å². The maximum absolute atomic E-state index is 11.5. The lowest BCUT2D eigenvalue weighted by Gasteiger charge is -2.21. The maximum Gasteiger partial charge on any atom is 0.306 e. The molecule has 0 aromatic rings. The van der Waals surface area contributed by atoms with Gasteiger partial charge in [-0.2, -0.15) is 0 Å². The van der Waals surface area contributed by atoms with Crippen LogP contribution in [0.15, 0.2) is 0 Å². The molecule has 0 amide bonds. The summed E-state index contributed by atoms with van der Waals surface area (Å²) in [6.45, 7) is 5.80. The number of carbonyl (C=O) groups excluding carboxylic acids is 1. The van der Waals surface area contributed by atoms with Gasteiger partial charge in [0.2, 0.25) is 0 Å². The highest BCUT2D eigenvalue weighted by Crippen LogP contribution is 2.42. The van der Waals surface area contributed by atoms with E-state index in [1.165, 1.54) is 0 Å². The molecule has 2 aliphatic rings. The van der Waals surface area contributed by atoms with E-state index in [-0.39, 0.29) is 30.5 Å². The Balaban J connectivity index is 1.99. The number of carbonyl (C=O) groups is 1. The fourth-order valence-corrected chi connectivity index (χ4v) is 2.69. The van der Waals surface area contributed by atoms with Gasteiger partial charge in [-0.15, -0.1) is 0 Å². The van der Waals surface area contributed by atoms with Crippen molar-refractivity contribution in [3.63, 3.8) is 0 Å². The van der Waals surface area contributed by atoms with Gasteiger partial charge in [0.25, 0.3) is 0 Å². The average molecular weight is 244 g/mol. The monoisotopic (exact) mass is 244 g/mol. The highest BCUT2D eigenvalue weighted by Gasteiger charge is 2.53. The van der Waals surface area contributed by atoms with E-state index in [1.807, 2.05) is 13.8 Å². The van der Waals surface area contributed by atoms with Crippen molar-refractivity contribution in [1.82, 2.24) is 0 Å². The molecule has 1 saturated carbocycles. The molecule has 0 unspecified atom stereocenters. The molecular formula is C12H20O5. The number of hydrogen-bond acceptors (Lipinski definition) is 5. The molecule has 5 heteroatoms. The number of fused-ring (bicyclic) bond motifs is 1. The van der Waals surface area contributed by atoms with E-state index in [1.54, 1.807) is 6.92 Å². The number of esters is 1. The van der Waals surface area contributed by atoms with Crippen LogP contribution >= 0.6 is 0 Å². The van der Waals surface area contributed by atoms with E-state index in [2.05, 4.69) is 0 Å².